The Bertz CT molecular complexity index is 1010. The fourth-order valence-electron chi connectivity index (χ4n) is 3.12. The Labute approximate surface area is 187 Å². The summed E-state index contributed by atoms with van der Waals surface area (Å²) in [7, 11) is 3.03. The number of hydrogen-bond donors (Lipinski definition) is 1. The molecule has 2 aromatic carbocycles. The minimum absolute atomic E-state index is 0.0193. The largest absolute Gasteiger partial charge is 0.497 e. The van der Waals surface area contributed by atoms with Crippen LogP contribution < -0.4 is 10.1 Å². The molecule has 170 valence electrons. The van der Waals surface area contributed by atoms with Crippen LogP contribution in [0, 0.1) is 0 Å². The van der Waals surface area contributed by atoms with Crippen molar-refractivity contribution in [3.8, 4) is 5.75 Å². The Kier molecular flexibility index (Phi) is 7.44. The number of amidine groups is 1. The Hall–Kier alpha value is -3.01. The smallest absolute Gasteiger partial charge is 0.416 e. The third-order valence-corrected chi connectivity index (χ3v) is 6.05. The monoisotopic (exact) mass is 465 g/mol. The van der Waals surface area contributed by atoms with E-state index in [1.54, 1.807) is 19.2 Å². The van der Waals surface area contributed by atoms with Gasteiger partial charge in [-0.25, -0.2) is 4.99 Å². The number of ether oxygens (including phenoxy) is 1. The minimum Gasteiger partial charge on any atom is -0.497 e. The van der Waals surface area contributed by atoms with Crippen LogP contribution in [0.1, 0.15) is 17.5 Å². The Morgan fingerprint density at radius 2 is 1.97 bits per heavy atom. The van der Waals surface area contributed by atoms with Gasteiger partial charge in [-0.1, -0.05) is 30.0 Å². The van der Waals surface area contributed by atoms with Gasteiger partial charge in [-0.15, -0.1) is 0 Å². The summed E-state index contributed by atoms with van der Waals surface area (Å²) < 4.78 is 44.4. The van der Waals surface area contributed by atoms with E-state index in [1.807, 2.05) is 12.1 Å². The van der Waals surface area contributed by atoms with Gasteiger partial charge in [-0.05, 0) is 42.3 Å². The molecule has 2 amide bonds. The van der Waals surface area contributed by atoms with E-state index in [1.165, 1.54) is 24.1 Å². The van der Waals surface area contributed by atoms with Gasteiger partial charge in [-0.3, -0.25) is 14.5 Å². The first kappa shape index (κ1) is 23.6. The molecule has 1 aliphatic rings. The lowest BCUT2D eigenvalue weighted by atomic mass is 10.1. The highest BCUT2D eigenvalue weighted by Crippen LogP contribution is 2.33. The van der Waals surface area contributed by atoms with Crippen LogP contribution >= 0.6 is 11.8 Å². The number of carbonyl (C=O) groups excluding carboxylic acids is 2. The number of hydrogen-bond acceptors (Lipinski definition) is 5. The third-order valence-electron chi connectivity index (χ3n) is 4.86. The van der Waals surface area contributed by atoms with Crippen molar-refractivity contribution in [2.75, 3.05) is 20.7 Å². The van der Waals surface area contributed by atoms with E-state index in [0.29, 0.717) is 12.2 Å². The van der Waals surface area contributed by atoms with Crippen LogP contribution in [0.2, 0.25) is 0 Å². The maximum Gasteiger partial charge on any atom is 0.416 e. The van der Waals surface area contributed by atoms with Gasteiger partial charge in [0.05, 0.1) is 23.6 Å². The Morgan fingerprint density at radius 3 is 2.59 bits per heavy atom. The molecule has 2 aromatic rings. The SMILES string of the molecule is CNC(=O)C1CC(=O)N(CCc2ccc(OC)cc2)C(=Nc2cccc(C(F)(F)F)c2)S1. The molecule has 1 atom stereocenters. The molecule has 1 unspecified atom stereocenters. The molecule has 6 nitrogen and oxygen atoms in total. The van der Waals surface area contributed by atoms with Crippen molar-refractivity contribution in [1.29, 1.82) is 0 Å². The summed E-state index contributed by atoms with van der Waals surface area (Å²) in [6.07, 6.45) is -4.03. The lowest BCUT2D eigenvalue weighted by Gasteiger charge is -2.31. The number of benzene rings is 2. The molecule has 0 saturated carbocycles. The van der Waals surface area contributed by atoms with Crippen LogP contribution in [0.3, 0.4) is 0 Å². The zero-order valence-electron chi connectivity index (χ0n) is 17.5. The van der Waals surface area contributed by atoms with Gasteiger partial charge < -0.3 is 10.1 Å². The summed E-state index contributed by atoms with van der Waals surface area (Å²) in [6.45, 7) is 0.274. The minimum atomic E-state index is -4.51. The molecule has 0 bridgehead atoms. The van der Waals surface area contributed by atoms with Crippen LogP contribution in [0.25, 0.3) is 0 Å². The predicted octanol–water partition coefficient (Wildman–Crippen LogP) is 4.02. The van der Waals surface area contributed by atoms with Crippen LogP contribution in [0.15, 0.2) is 53.5 Å². The number of alkyl halides is 3. The summed E-state index contributed by atoms with van der Waals surface area (Å²) in [5.41, 5.74) is 0.177. The van der Waals surface area contributed by atoms with Crippen LogP contribution in [-0.2, 0) is 22.2 Å². The molecule has 1 aliphatic heterocycles. The fourth-order valence-corrected chi connectivity index (χ4v) is 4.30. The van der Waals surface area contributed by atoms with Crippen LogP contribution in [-0.4, -0.2) is 47.8 Å². The first-order valence-electron chi connectivity index (χ1n) is 9.78. The number of nitrogens with zero attached hydrogens (tertiary/aromatic N) is 2. The maximum atomic E-state index is 13.1. The standard InChI is InChI=1S/C22H22F3N3O3S/c1-26-20(30)18-13-19(29)28(11-10-14-6-8-17(31-2)9-7-14)21(32-18)27-16-5-3-4-15(12-16)22(23,24)25/h3-9,12,18H,10-11,13H2,1-2H3,(H,26,30). The number of nitrogens with one attached hydrogen (secondary N) is 1. The van der Waals surface area contributed by atoms with Gasteiger partial charge in [0, 0.05) is 20.0 Å². The summed E-state index contributed by atoms with van der Waals surface area (Å²) in [5, 5.41) is 2.00. The van der Waals surface area contributed by atoms with Gasteiger partial charge in [-0.2, -0.15) is 13.2 Å². The van der Waals surface area contributed by atoms with Crippen LogP contribution in [0.5, 0.6) is 5.75 Å². The molecule has 0 radical (unpaired) electrons. The molecule has 0 aromatic heterocycles. The number of carbonyl (C=O) groups is 2. The zero-order chi connectivity index (χ0) is 23.3. The second kappa shape index (κ2) is 10.1. The lowest BCUT2D eigenvalue weighted by molar-refractivity contribution is -0.137. The van der Waals surface area contributed by atoms with Crippen molar-refractivity contribution < 1.29 is 27.5 Å². The molecular formula is C22H22F3N3O3S. The number of aliphatic imine (C=N–C) groups is 1. The van der Waals surface area contributed by atoms with Gasteiger partial charge in [0.2, 0.25) is 11.8 Å². The summed E-state index contributed by atoms with van der Waals surface area (Å²) >= 11 is 1.07. The number of thioether (sulfide) groups is 1. The Morgan fingerprint density at radius 1 is 1.25 bits per heavy atom. The molecule has 10 heteroatoms. The van der Waals surface area contributed by atoms with Gasteiger partial charge in [0.1, 0.15) is 5.75 Å². The molecule has 1 heterocycles. The molecular weight excluding hydrogens is 443 g/mol. The van der Waals surface area contributed by atoms with Crippen molar-refractivity contribution in [2.45, 2.75) is 24.3 Å². The summed E-state index contributed by atoms with van der Waals surface area (Å²) in [6, 6.07) is 11.9. The number of rotatable bonds is 6. The molecule has 0 aliphatic carbocycles. The predicted molar refractivity (Wildman–Crippen MR) is 117 cm³/mol. The first-order valence-corrected chi connectivity index (χ1v) is 10.7. The van der Waals surface area contributed by atoms with Gasteiger partial charge in [0.15, 0.2) is 5.17 Å². The normalized spacial score (nSPS) is 18.0. The van der Waals surface area contributed by atoms with E-state index in [9.17, 15) is 22.8 Å². The second-order valence-corrected chi connectivity index (χ2v) is 8.18. The lowest BCUT2D eigenvalue weighted by Crippen LogP contribution is -2.46. The van der Waals surface area contributed by atoms with Crippen molar-refractivity contribution in [3.05, 3.63) is 59.7 Å². The first-order chi connectivity index (χ1) is 15.2. The summed E-state index contributed by atoms with van der Waals surface area (Å²) in [5.74, 6) is 0.0602. The molecule has 32 heavy (non-hydrogen) atoms. The number of halogens is 3. The molecule has 1 fully saturated rings. The highest BCUT2D eigenvalue weighted by atomic mass is 32.2. The van der Waals surface area contributed by atoms with Crippen molar-refractivity contribution >= 4 is 34.4 Å². The number of methoxy groups -OCH3 is 1. The van der Waals surface area contributed by atoms with Gasteiger partial charge in [0.25, 0.3) is 0 Å². The molecule has 1 saturated heterocycles. The highest BCUT2D eigenvalue weighted by molar-refractivity contribution is 8.15. The molecule has 3 rings (SSSR count). The van der Waals surface area contributed by atoms with E-state index in [0.717, 1.165) is 29.5 Å². The second-order valence-electron chi connectivity index (χ2n) is 7.01. The van der Waals surface area contributed by atoms with Crippen LogP contribution in [0.4, 0.5) is 18.9 Å². The highest BCUT2D eigenvalue weighted by Gasteiger charge is 2.35. The average molecular weight is 465 g/mol. The number of amides is 2. The topological polar surface area (TPSA) is 71.0 Å². The third kappa shape index (κ3) is 5.82. The van der Waals surface area contributed by atoms with Crippen molar-refractivity contribution in [1.82, 2.24) is 10.2 Å². The zero-order valence-corrected chi connectivity index (χ0v) is 18.3. The van der Waals surface area contributed by atoms with E-state index in [-0.39, 0.29) is 35.6 Å². The van der Waals surface area contributed by atoms with E-state index in [2.05, 4.69) is 10.3 Å². The Balaban J connectivity index is 1.88. The fraction of sp³-hybridized carbons (Fsp3) is 0.318. The van der Waals surface area contributed by atoms with E-state index >= 15 is 0 Å². The van der Waals surface area contributed by atoms with Gasteiger partial charge >= 0.3 is 6.18 Å². The van der Waals surface area contributed by atoms with E-state index in [4.69, 9.17) is 4.74 Å². The maximum absolute atomic E-state index is 13.1. The average Bonchev–Trinajstić information content (AvgIpc) is 2.77. The quantitative estimate of drug-likeness (QED) is 0.700. The van der Waals surface area contributed by atoms with Crippen molar-refractivity contribution in [3.63, 3.8) is 0 Å². The van der Waals surface area contributed by atoms with E-state index < -0.39 is 17.0 Å². The summed E-state index contributed by atoms with van der Waals surface area (Å²) in [4.78, 5) is 30.7. The molecule has 1 N–H and O–H groups in total. The van der Waals surface area contributed by atoms with Crippen molar-refractivity contribution in [2.24, 2.45) is 4.99 Å². The molecule has 0 spiro atoms.